The standard InChI is InChI=1S/C19H19Br/c1-11-8-12(2)17(13(3)9-11)18-14(4)10-15-6-5-7-16(15)19(18)20/h5-6,8-10H,7H2,1-4H3. The fourth-order valence-corrected chi connectivity index (χ4v) is 4.29. The van der Waals surface area contributed by atoms with Crippen molar-refractivity contribution in [1.82, 2.24) is 0 Å². The summed E-state index contributed by atoms with van der Waals surface area (Å²) in [6.07, 6.45) is 5.51. The van der Waals surface area contributed by atoms with Crippen LogP contribution in [-0.2, 0) is 6.42 Å². The molecule has 0 nitrogen and oxygen atoms in total. The lowest BCUT2D eigenvalue weighted by Crippen LogP contribution is -1.97. The van der Waals surface area contributed by atoms with Crippen LogP contribution < -0.4 is 0 Å². The molecule has 0 unspecified atom stereocenters. The number of hydrogen-bond donors (Lipinski definition) is 0. The van der Waals surface area contributed by atoms with E-state index in [1.54, 1.807) is 0 Å². The topological polar surface area (TPSA) is 0 Å². The number of allylic oxidation sites excluding steroid dienone is 1. The molecule has 0 amide bonds. The molecule has 102 valence electrons. The third-order valence-corrected chi connectivity index (χ3v) is 5.02. The summed E-state index contributed by atoms with van der Waals surface area (Å²) in [5, 5.41) is 0. The lowest BCUT2D eigenvalue weighted by Gasteiger charge is -2.18. The van der Waals surface area contributed by atoms with Gasteiger partial charge in [-0.25, -0.2) is 0 Å². The Balaban J connectivity index is 2.32. The predicted molar refractivity (Wildman–Crippen MR) is 91.3 cm³/mol. The van der Waals surface area contributed by atoms with E-state index in [2.05, 4.69) is 74.0 Å². The maximum absolute atomic E-state index is 3.87. The molecule has 0 atom stereocenters. The fraction of sp³-hybridized carbons (Fsp3) is 0.263. The van der Waals surface area contributed by atoms with Crippen LogP contribution in [0.1, 0.15) is 33.4 Å². The first-order chi connectivity index (χ1) is 9.49. The van der Waals surface area contributed by atoms with E-state index in [1.807, 2.05) is 0 Å². The molecule has 0 aromatic heterocycles. The van der Waals surface area contributed by atoms with E-state index in [9.17, 15) is 0 Å². The van der Waals surface area contributed by atoms with Gasteiger partial charge in [-0.1, -0.05) is 35.9 Å². The molecule has 0 heterocycles. The zero-order chi connectivity index (χ0) is 14.4. The van der Waals surface area contributed by atoms with Crippen molar-refractivity contribution in [1.29, 1.82) is 0 Å². The van der Waals surface area contributed by atoms with Crippen molar-refractivity contribution in [2.75, 3.05) is 0 Å². The molecule has 2 aromatic carbocycles. The van der Waals surface area contributed by atoms with Crippen LogP contribution in [0.5, 0.6) is 0 Å². The summed E-state index contributed by atoms with van der Waals surface area (Å²) >= 11 is 3.87. The van der Waals surface area contributed by atoms with Gasteiger partial charge in [0.05, 0.1) is 0 Å². The highest BCUT2D eigenvalue weighted by atomic mass is 79.9. The SMILES string of the molecule is Cc1cc(C)c(-c2c(C)cc3c(c2Br)CC=C3)c(C)c1. The number of benzene rings is 2. The van der Waals surface area contributed by atoms with Crippen LogP contribution in [0.4, 0.5) is 0 Å². The van der Waals surface area contributed by atoms with Crippen LogP contribution in [0.3, 0.4) is 0 Å². The van der Waals surface area contributed by atoms with E-state index < -0.39 is 0 Å². The third-order valence-electron chi connectivity index (χ3n) is 4.15. The van der Waals surface area contributed by atoms with Gasteiger partial charge in [0.2, 0.25) is 0 Å². The average Bonchev–Trinajstić information content (AvgIpc) is 2.80. The van der Waals surface area contributed by atoms with Crippen LogP contribution in [0.2, 0.25) is 0 Å². The molecule has 0 radical (unpaired) electrons. The highest BCUT2D eigenvalue weighted by molar-refractivity contribution is 9.10. The summed E-state index contributed by atoms with van der Waals surface area (Å²) in [7, 11) is 0. The molecule has 0 spiro atoms. The first-order valence-electron chi connectivity index (χ1n) is 7.05. The molecular weight excluding hydrogens is 308 g/mol. The lowest BCUT2D eigenvalue weighted by atomic mass is 9.89. The molecule has 3 rings (SSSR count). The van der Waals surface area contributed by atoms with Gasteiger partial charge in [0.1, 0.15) is 0 Å². The summed E-state index contributed by atoms with van der Waals surface area (Å²) in [4.78, 5) is 0. The molecule has 1 aliphatic carbocycles. The molecule has 0 bridgehead atoms. The van der Waals surface area contributed by atoms with Crippen molar-refractivity contribution in [2.45, 2.75) is 34.1 Å². The molecule has 0 saturated carbocycles. The van der Waals surface area contributed by atoms with E-state index in [1.165, 1.54) is 49.0 Å². The molecule has 2 aromatic rings. The maximum Gasteiger partial charge on any atom is 0.0297 e. The Morgan fingerprint density at radius 3 is 2.10 bits per heavy atom. The van der Waals surface area contributed by atoms with E-state index in [0.717, 1.165) is 6.42 Å². The second kappa shape index (κ2) is 4.89. The van der Waals surface area contributed by atoms with Crippen LogP contribution in [-0.4, -0.2) is 0 Å². The van der Waals surface area contributed by atoms with Gasteiger partial charge in [-0.3, -0.25) is 0 Å². The summed E-state index contributed by atoms with van der Waals surface area (Å²) in [5.41, 5.74) is 10.9. The van der Waals surface area contributed by atoms with Gasteiger partial charge in [-0.15, -0.1) is 0 Å². The molecular formula is C19H19Br. The first kappa shape index (κ1) is 13.6. The van der Waals surface area contributed by atoms with Gasteiger partial charge in [0.15, 0.2) is 0 Å². The molecule has 0 fully saturated rings. The number of fused-ring (bicyclic) bond motifs is 1. The van der Waals surface area contributed by atoms with Gasteiger partial charge in [0, 0.05) is 4.47 Å². The lowest BCUT2D eigenvalue weighted by molar-refractivity contribution is 1.25. The van der Waals surface area contributed by atoms with Gasteiger partial charge < -0.3 is 0 Å². The van der Waals surface area contributed by atoms with Crippen LogP contribution in [0.25, 0.3) is 17.2 Å². The number of hydrogen-bond acceptors (Lipinski definition) is 0. The van der Waals surface area contributed by atoms with Crippen molar-refractivity contribution < 1.29 is 0 Å². The quantitative estimate of drug-likeness (QED) is 0.610. The van der Waals surface area contributed by atoms with Crippen molar-refractivity contribution in [3.05, 3.63) is 62.1 Å². The highest BCUT2D eigenvalue weighted by Crippen LogP contribution is 2.41. The van der Waals surface area contributed by atoms with Crippen LogP contribution in [0, 0.1) is 27.7 Å². The minimum absolute atomic E-state index is 1.03. The zero-order valence-electron chi connectivity index (χ0n) is 12.5. The Morgan fingerprint density at radius 1 is 0.850 bits per heavy atom. The first-order valence-corrected chi connectivity index (χ1v) is 7.85. The number of rotatable bonds is 1. The smallest absolute Gasteiger partial charge is 0.0297 e. The van der Waals surface area contributed by atoms with Crippen molar-refractivity contribution >= 4 is 22.0 Å². The van der Waals surface area contributed by atoms with Crippen molar-refractivity contribution in [2.24, 2.45) is 0 Å². The molecule has 1 heteroatoms. The Morgan fingerprint density at radius 2 is 1.45 bits per heavy atom. The summed E-state index contributed by atoms with van der Waals surface area (Å²) < 4.78 is 1.27. The van der Waals surface area contributed by atoms with Crippen LogP contribution >= 0.6 is 15.9 Å². The van der Waals surface area contributed by atoms with E-state index in [4.69, 9.17) is 0 Å². The van der Waals surface area contributed by atoms with E-state index in [-0.39, 0.29) is 0 Å². The number of halogens is 1. The zero-order valence-corrected chi connectivity index (χ0v) is 14.1. The number of aryl methyl sites for hydroxylation is 4. The Kier molecular flexibility index (Phi) is 3.33. The second-order valence-electron chi connectivity index (χ2n) is 5.83. The summed E-state index contributed by atoms with van der Waals surface area (Å²) in [6, 6.07) is 6.87. The minimum Gasteiger partial charge on any atom is -0.0795 e. The van der Waals surface area contributed by atoms with E-state index >= 15 is 0 Å². The Bertz CT molecular complexity index is 713. The van der Waals surface area contributed by atoms with Gasteiger partial charge in [-0.2, -0.15) is 0 Å². The summed E-state index contributed by atoms with van der Waals surface area (Å²) in [5.74, 6) is 0. The van der Waals surface area contributed by atoms with Crippen molar-refractivity contribution in [3.8, 4) is 11.1 Å². The largest absolute Gasteiger partial charge is 0.0795 e. The summed E-state index contributed by atoms with van der Waals surface area (Å²) in [6.45, 7) is 8.81. The monoisotopic (exact) mass is 326 g/mol. The molecule has 1 aliphatic rings. The molecule has 0 saturated heterocycles. The highest BCUT2D eigenvalue weighted by Gasteiger charge is 2.19. The van der Waals surface area contributed by atoms with Crippen LogP contribution in [0.15, 0.2) is 28.7 Å². The minimum atomic E-state index is 1.03. The average molecular weight is 327 g/mol. The second-order valence-corrected chi connectivity index (χ2v) is 6.62. The molecule has 20 heavy (non-hydrogen) atoms. The predicted octanol–water partition coefficient (Wildman–Crippen LogP) is 5.92. The third kappa shape index (κ3) is 2.05. The fourth-order valence-electron chi connectivity index (χ4n) is 3.38. The normalized spacial score (nSPS) is 12.8. The molecule has 0 aliphatic heterocycles. The van der Waals surface area contributed by atoms with Crippen molar-refractivity contribution in [3.63, 3.8) is 0 Å². The molecule has 0 N–H and O–H groups in total. The van der Waals surface area contributed by atoms with E-state index in [0.29, 0.717) is 0 Å². The Hall–Kier alpha value is -1.34. The maximum atomic E-state index is 3.87. The van der Waals surface area contributed by atoms with Gasteiger partial charge in [-0.05, 0) is 89.0 Å². The van der Waals surface area contributed by atoms with Gasteiger partial charge >= 0.3 is 0 Å². The van der Waals surface area contributed by atoms with Gasteiger partial charge in [0.25, 0.3) is 0 Å². The Labute approximate surface area is 129 Å².